The molecule has 1 rings (SSSR count). The third-order valence-electron chi connectivity index (χ3n) is 2.85. The first-order valence-corrected chi connectivity index (χ1v) is 3.69. The summed E-state index contributed by atoms with van der Waals surface area (Å²) in [5.41, 5.74) is 5.51. The van der Waals surface area contributed by atoms with Gasteiger partial charge in [-0.3, -0.25) is 0 Å². The lowest BCUT2D eigenvalue weighted by Crippen LogP contribution is -2.31. The minimum absolute atomic E-state index is 0.155. The summed E-state index contributed by atoms with van der Waals surface area (Å²) in [5, 5.41) is 8.80. The van der Waals surface area contributed by atoms with Gasteiger partial charge in [-0.2, -0.15) is 5.26 Å². The van der Waals surface area contributed by atoms with Gasteiger partial charge in [0.25, 0.3) is 0 Å². The van der Waals surface area contributed by atoms with Crippen molar-refractivity contribution in [1.29, 1.82) is 5.26 Å². The maximum atomic E-state index is 8.80. The average molecular weight is 138 g/mol. The van der Waals surface area contributed by atoms with E-state index in [1.165, 1.54) is 0 Å². The van der Waals surface area contributed by atoms with Crippen molar-refractivity contribution < 1.29 is 0 Å². The summed E-state index contributed by atoms with van der Waals surface area (Å²) < 4.78 is 0. The molecule has 0 unspecified atom stereocenters. The van der Waals surface area contributed by atoms with E-state index < -0.39 is 0 Å². The van der Waals surface area contributed by atoms with Gasteiger partial charge in [0.2, 0.25) is 0 Å². The van der Waals surface area contributed by atoms with E-state index in [0.717, 1.165) is 12.8 Å². The Morgan fingerprint density at radius 1 is 1.60 bits per heavy atom. The van der Waals surface area contributed by atoms with E-state index in [2.05, 4.69) is 6.07 Å². The summed E-state index contributed by atoms with van der Waals surface area (Å²) in [4.78, 5) is 0. The van der Waals surface area contributed by atoms with E-state index in [9.17, 15) is 0 Å². The predicted molar refractivity (Wildman–Crippen MR) is 40.1 cm³/mol. The maximum absolute atomic E-state index is 8.80. The number of nitriles is 1. The second-order valence-electron chi connectivity index (χ2n) is 3.72. The fourth-order valence-corrected chi connectivity index (χ4v) is 1.35. The van der Waals surface area contributed by atoms with Crippen LogP contribution in [0.2, 0.25) is 0 Å². The van der Waals surface area contributed by atoms with Crippen molar-refractivity contribution in [1.82, 2.24) is 0 Å². The molecule has 56 valence electrons. The van der Waals surface area contributed by atoms with Crippen LogP contribution in [0.15, 0.2) is 0 Å². The van der Waals surface area contributed by atoms with Crippen LogP contribution >= 0.6 is 0 Å². The van der Waals surface area contributed by atoms with Crippen LogP contribution in [0, 0.1) is 22.2 Å². The first kappa shape index (κ1) is 7.56. The molecule has 0 atom stereocenters. The quantitative estimate of drug-likeness (QED) is 0.624. The molecule has 0 aromatic carbocycles. The molecular formula is C8H14N2. The molecule has 0 heterocycles. The second kappa shape index (κ2) is 1.96. The Balaban J connectivity index is 2.74. The van der Waals surface area contributed by atoms with Crippen LogP contribution < -0.4 is 5.73 Å². The maximum Gasteiger partial charge on any atom is 0.0690 e. The molecule has 1 aliphatic carbocycles. The first-order chi connectivity index (χ1) is 4.58. The van der Waals surface area contributed by atoms with Gasteiger partial charge in [-0.05, 0) is 33.2 Å². The highest BCUT2D eigenvalue weighted by Crippen LogP contribution is 2.57. The molecule has 0 aromatic rings. The molecule has 0 saturated heterocycles. The Labute approximate surface area is 62.0 Å². The molecule has 2 nitrogen and oxygen atoms in total. The zero-order chi connectivity index (χ0) is 7.83. The molecule has 0 amide bonds. The van der Waals surface area contributed by atoms with Gasteiger partial charge in [-0.15, -0.1) is 0 Å². The van der Waals surface area contributed by atoms with Crippen LogP contribution in [-0.2, 0) is 0 Å². The van der Waals surface area contributed by atoms with E-state index in [-0.39, 0.29) is 10.8 Å². The Bertz CT molecular complexity index is 172. The number of rotatable bonds is 2. The molecule has 10 heavy (non-hydrogen) atoms. The number of hydrogen-bond acceptors (Lipinski definition) is 2. The van der Waals surface area contributed by atoms with E-state index in [4.69, 9.17) is 11.0 Å². The van der Waals surface area contributed by atoms with Gasteiger partial charge < -0.3 is 5.73 Å². The van der Waals surface area contributed by atoms with Gasteiger partial charge in [0.05, 0.1) is 11.5 Å². The van der Waals surface area contributed by atoms with Gasteiger partial charge in [-0.1, -0.05) is 0 Å². The van der Waals surface area contributed by atoms with Gasteiger partial charge in [-0.25, -0.2) is 0 Å². The van der Waals surface area contributed by atoms with Crippen molar-refractivity contribution >= 4 is 0 Å². The number of nitrogens with two attached hydrogens (primary N) is 1. The van der Waals surface area contributed by atoms with E-state index in [1.54, 1.807) is 0 Å². The van der Waals surface area contributed by atoms with E-state index in [1.807, 2.05) is 13.8 Å². The normalized spacial score (nSPS) is 21.8. The Kier molecular flexibility index (Phi) is 1.48. The number of nitrogens with zero attached hydrogens (tertiary/aromatic N) is 1. The van der Waals surface area contributed by atoms with Crippen LogP contribution in [0.3, 0.4) is 0 Å². The van der Waals surface area contributed by atoms with Crippen molar-refractivity contribution in [3.8, 4) is 6.07 Å². The van der Waals surface area contributed by atoms with E-state index in [0.29, 0.717) is 6.54 Å². The smallest absolute Gasteiger partial charge is 0.0690 e. The molecule has 0 aromatic heterocycles. The molecule has 1 fully saturated rings. The molecule has 0 spiro atoms. The highest BCUT2D eigenvalue weighted by Gasteiger charge is 2.53. The summed E-state index contributed by atoms with van der Waals surface area (Å²) >= 11 is 0. The largest absolute Gasteiger partial charge is 0.330 e. The van der Waals surface area contributed by atoms with Gasteiger partial charge in [0, 0.05) is 5.41 Å². The van der Waals surface area contributed by atoms with Crippen molar-refractivity contribution in [2.45, 2.75) is 26.7 Å². The highest BCUT2D eigenvalue weighted by molar-refractivity contribution is 5.13. The van der Waals surface area contributed by atoms with Crippen LogP contribution in [0.5, 0.6) is 0 Å². The molecule has 0 radical (unpaired) electrons. The molecule has 0 aliphatic heterocycles. The van der Waals surface area contributed by atoms with Crippen molar-refractivity contribution in [3.05, 3.63) is 0 Å². The van der Waals surface area contributed by atoms with Crippen LogP contribution in [-0.4, -0.2) is 6.54 Å². The molecule has 0 bridgehead atoms. The van der Waals surface area contributed by atoms with Crippen LogP contribution in [0.4, 0.5) is 0 Å². The van der Waals surface area contributed by atoms with Gasteiger partial charge in [0.1, 0.15) is 0 Å². The Hall–Kier alpha value is -0.550. The lowest BCUT2D eigenvalue weighted by molar-refractivity contribution is 0.275. The van der Waals surface area contributed by atoms with Crippen molar-refractivity contribution in [3.63, 3.8) is 0 Å². The minimum atomic E-state index is -0.220. The molecule has 1 saturated carbocycles. The lowest BCUT2D eigenvalue weighted by atomic mass is 9.77. The standard InChI is InChI=1S/C8H14N2/c1-7(2,5-9)8(6-10)3-4-8/h3-4,6,10H2,1-2H3. The minimum Gasteiger partial charge on any atom is -0.330 e. The summed E-state index contributed by atoms with van der Waals surface area (Å²) in [7, 11) is 0. The van der Waals surface area contributed by atoms with Crippen molar-refractivity contribution in [2.75, 3.05) is 6.54 Å². The molecule has 1 aliphatic rings. The average Bonchev–Trinajstić information content (AvgIpc) is 2.67. The summed E-state index contributed by atoms with van der Waals surface area (Å²) in [6, 6.07) is 2.32. The van der Waals surface area contributed by atoms with E-state index >= 15 is 0 Å². The molecule has 2 N–H and O–H groups in total. The van der Waals surface area contributed by atoms with Gasteiger partial charge >= 0.3 is 0 Å². The highest BCUT2D eigenvalue weighted by atomic mass is 14.7. The Morgan fingerprint density at radius 3 is 2.20 bits per heavy atom. The molecule has 2 heteroatoms. The fraction of sp³-hybridized carbons (Fsp3) is 0.875. The Morgan fingerprint density at radius 2 is 2.10 bits per heavy atom. The topological polar surface area (TPSA) is 49.8 Å². The van der Waals surface area contributed by atoms with Crippen LogP contribution in [0.1, 0.15) is 26.7 Å². The fourth-order valence-electron chi connectivity index (χ4n) is 1.35. The third kappa shape index (κ3) is 0.819. The summed E-state index contributed by atoms with van der Waals surface area (Å²) in [6.45, 7) is 4.62. The predicted octanol–water partition coefficient (Wildman–Crippen LogP) is 1.28. The summed E-state index contributed by atoms with van der Waals surface area (Å²) in [5.74, 6) is 0. The third-order valence-corrected chi connectivity index (χ3v) is 2.85. The first-order valence-electron chi connectivity index (χ1n) is 3.69. The second-order valence-corrected chi connectivity index (χ2v) is 3.72. The number of hydrogen-bond donors (Lipinski definition) is 1. The zero-order valence-electron chi connectivity index (χ0n) is 6.65. The monoisotopic (exact) mass is 138 g/mol. The van der Waals surface area contributed by atoms with Gasteiger partial charge in [0.15, 0.2) is 0 Å². The lowest BCUT2D eigenvalue weighted by Gasteiger charge is -2.25. The molecular weight excluding hydrogens is 124 g/mol. The zero-order valence-corrected chi connectivity index (χ0v) is 6.65. The SMILES string of the molecule is CC(C)(C#N)C1(CN)CC1. The van der Waals surface area contributed by atoms with Crippen molar-refractivity contribution in [2.24, 2.45) is 16.6 Å². The van der Waals surface area contributed by atoms with Crippen LogP contribution in [0.25, 0.3) is 0 Å². The summed E-state index contributed by atoms with van der Waals surface area (Å²) in [6.07, 6.45) is 2.26.